The van der Waals surface area contributed by atoms with Crippen molar-refractivity contribution in [2.75, 3.05) is 48.6 Å². The highest BCUT2D eigenvalue weighted by Crippen LogP contribution is 2.36. The number of ether oxygens (including phenoxy) is 3. The third-order valence-electron chi connectivity index (χ3n) is 5.08. The van der Waals surface area contributed by atoms with Crippen LogP contribution in [0.15, 0.2) is 36.4 Å². The Morgan fingerprint density at radius 1 is 1.06 bits per heavy atom. The molecule has 7 nitrogen and oxygen atoms in total. The molecule has 0 aromatic heterocycles. The molecule has 1 fully saturated rings. The maximum absolute atomic E-state index is 13.3. The summed E-state index contributed by atoms with van der Waals surface area (Å²) in [6.45, 7) is 3.75. The smallest absolute Gasteiger partial charge is 0.416 e. The van der Waals surface area contributed by atoms with Gasteiger partial charge in [-0.3, -0.25) is 4.79 Å². The van der Waals surface area contributed by atoms with Gasteiger partial charge in [-0.05, 0) is 37.3 Å². The van der Waals surface area contributed by atoms with E-state index in [9.17, 15) is 18.0 Å². The Morgan fingerprint density at radius 3 is 2.55 bits per heavy atom. The van der Waals surface area contributed by atoms with Gasteiger partial charge in [0.05, 0.1) is 30.2 Å². The molecule has 2 aliphatic heterocycles. The molecule has 0 radical (unpaired) electrons. The van der Waals surface area contributed by atoms with E-state index in [4.69, 9.17) is 14.2 Å². The minimum atomic E-state index is -4.51. The number of amides is 1. The van der Waals surface area contributed by atoms with Gasteiger partial charge in [-0.15, -0.1) is 0 Å². The van der Waals surface area contributed by atoms with Crippen LogP contribution in [-0.4, -0.2) is 45.0 Å². The van der Waals surface area contributed by atoms with Crippen LogP contribution in [0.2, 0.25) is 0 Å². The molecule has 1 atom stereocenters. The van der Waals surface area contributed by atoms with Crippen LogP contribution in [0.4, 0.5) is 30.2 Å². The normalized spacial score (nSPS) is 16.7. The summed E-state index contributed by atoms with van der Waals surface area (Å²) < 4.78 is 55.7. The third-order valence-corrected chi connectivity index (χ3v) is 5.08. The topological polar surface area (TPSA) is 72.1 Å². The molecule has 31 heavy (non-hydrogen) atoms. The Hall–Kier alpha value is -3.14. The second kappa shape index (κ2) is 8.54. The van der Waals surface area contributed by atoms with E-state index in [2.05, 4.69) is 10.6 Å². The van der Waals surface area contributed by atoms with E-state index >= 15 is 0 Å². The first-order valence-electron chi connectivity index (χ1n) is 9.82. The molecule has 0 saturated carbocycles. The monoisotopic (exact) mass is 437 g/mol. The fourth-order valence-corrected chi connectivity index (χ4v) is 3.44. The van der Waals surface area contributed by atoms with E-state index < -0.39 is 23.7 Å². The first-order valence-corrected chi connectivity index (χ1v) is 9.82. The molecule has 0 aliphatic carbocycles. The van der Waals surface area contributed by atoms with Crippen molar-refractivity contribution in [3.05, 3.63) is 42.0 Å². The average Bonchev–Trinajstić information content (AvgIpc) is 3.21. The number of nitrogens with zero attached hydrogens (tertiary/aromatic N) is 1. The highest BCUT2D eigenvalue weighted by molar-refractivity contribution is 5.99. The predicted molar refractivity (Wildman–Crippen MR) is 109 cm³/mol. The summed E-state index contributed by atoms with van der Waals surface area (Å²) in [5, 5.41) is 5.68. The number of carbonyl (C=O) groups is 1. The lowest BCUT2D eigenvalue weighted by Crippen LogP contribution is -2.37. The summed E-state index contributed by atoms with van der Waals surface area (Å²) in [4.78, 5) is 14.7. The standard InChI is InChI=1S/C21H22F3N3O4/c1-13(25-15-3-5-18-19(11-15)31-12-30-18)20(28)26-16-10-14(21(22,23)24)2-4-17(16)27-6-8-29-9-7-27/h2-5,10-11,13,25H,6-9,12H2,1H3,(H,26,28)/t13-/m1/s1. The fraction of sp³-hybridized carbons (Fsp3) is 0.381. The van der Waals surface area contributed by atoms with Crippen molar-refractivity contribution in [2.24, 2.45) is 0 Å². The van der Waals surface area contributed by atoms with Crippen LogP contribution in [-0.2, 0) is 15.7 Å². The van der Waals surface area contributed by atoms with Gasteiger partial charge in [0.15, 0.2) is 11.5 Å². The Balaban J connectivity index is 1.52. The van der Waals surface area contributed by atoms with Gasteiger partial charge >= 0.3 is 6.18 Å². The van der Waals surface area contributed by atoms with Crippen molar-refractivity contribution < 1.29 is 32.2 Å². The summed E-state index contributed by atoms with van der Waals surface area (Å²) in [5.41, 5.74) is 0.446. The summed E-state index contributed by atoms with van der Waals surface area (Å²) in [7, 11) is 0. The number of hydrogen-bond acceptors (Lipinski definition) is 6. The van der Waals surface area contributed by atoms with Crippen LogP contribution in [0.5, 0.6) is 11.5 Å². The van der Waals surface area contributed by atoms with E-state index in [1.807, 2.05) is 4.90 Å². The van der Waals surface area contributed by atoms with Crippen LogP contribution in [0.1, 0.15) is 12.5 Å². The average molecular weight is 437 g/mol. The van der Waals surface area contributed by atoms with Gasteiger partial charge in [-0.1, -0.05) is 0 Å². The summed E-state index contributed by atoms with van der Waals surface area (Å²) in [6.07, 6.45) is -4.51. The Bertz CT molecular complexity index is 961. The first-order chi connectivity index (χ1) is 14.8. The molecule has 0 bridgehead atoms. The molecule has 4 rings (SSSR count). The zero-order chi connectivity index (χ0) is 22.0. The van der Waals surface area contributed by atoms with E-state index in [0.29, 0.717) is 49.2 Å². The van der Waals surface area contributed by atoms with E-state index in [0.717, 1.165) is 12.1 Å². The number of halogens is 3. The van der Waals surface area contributed by atoms with Gasteiger partial charge in [0.25, 0.3) is 0 Å². The second-order valence-electron chi connectivity index (χ2n) is 7.25. The summed E-state index contributed by atoms with van der Waals surface area (Å²) in [6, 6.07) is 7.83. The highest BCUT2D eigenvalue weighted by Gasteiger charge is 2.32. The number of anilines is 3. The Labute approximate surface area is 177 Å². The molecule has 2 N–H and O–H groups in total. The number of carbonyl (C=O) groups excluding carboxylic acids is 1. The van der Waals surface area contributed by atoms with E-state index in [-0.39, 0.29) is 12.5 Å². The third kappa shape index (κ3) is 4.79. The van der Waals surface area contributed by atoms with Crippen molar-refractivity contribution in [1.29, 1.82) is 0 Å². The SMILES string of the molecule is C[C@@H](Nc1ccc2c(c1)OCO2)C(=O)Nc1cc(C(F)(F)F)ccc1N1CCOCC1. The van der Waals surface area contributed by atoms with Gasteiger partial charge in [0.2, 0.25) is 12.7 Å². The molecule has 166 valence electrons. The van der Waals surface area contributed by atoms with Crippen LogP contribution in [0, 0.1) is 0 Å². The van der Waals surface area contributed by atoms with E-state index in [1.165, 1.54) is 6.07 Å². The predicted octanol–water partition coefficient (Wildman–Crippen LogP) is 3.71. The lowest BCUT2D eigenvalue weighted by atomic mass is 10.1. The molecule has 2 aromatic carbocycles. The summed E-state index contributed by atoms with van der Waals surface area (Å²) >= 11 is 0. The molecule has 2 heterocycles. The molecule has 1 amide bonds. The number of hydrogen-bond donors (Lipinski definition) is 2. The van der Waals surface area contributed by atoms with Crippen molar-refractivity contribution >= 4 is 23.0 Å². The van der Waals surface area contributed by atoms with Gasteiger partial charge in [-0.2, -0.15) is 13.2 Å². The van der Waals surface area contributed by atoms with Gasteiger partial charge in [0, 0.05) is 24.8 Å². The number of benzene rings is 2. The number of morpholine rings is 1. The zero-order valence-electron chi connectivity index (χ0n) is 16.8. The van der Waals surface area contributed by atoms with Crippen LogP contribution >= 0.6 is 0 Å². The maximum atomic E-state index is 13.3. The highest BCUT2D eigenvalue weighted by atomic mass is 19.4. The Kier molecular flexibility index (Phi) is 5.81. The number of rotatable bonds is 5. The number of nitrogens with one attached hydrogen (secondary N) is 2. The molecule has 1 saturated heterocycles. The number of alkyl halides is 3. The van der Waals surface area contributed by atoms with Crippen molar-refractivity contribution in [3.63, 3.8) is 0 Å². The molecule has 0 spiro atoms. The zero-order valence-corrected chi connectivity index (χ0v) is 16.8. The van der Waals surface area contributed by atoms with Gasteiger partial charge in [-0.25, -0.2) is 0 Å². The van der Waals surface area contributed by atoms with Crippen molar-refractivity contribution in [3.8, 4) is 11.5 Å². The number of fused-ring (bicyclic) bond motifs is 1. The minimum absolute atomic E-state index is 0.112. The van der Waals surface area contributed by atoms with Gasteiger partial charge < -0.3 is 29.7 Å². The van der Waals surface area contributed by atoms with E-state index in [1.54, 1.807) is 25.1 Å². The fourth-order valence-electron chi connectivity index (χ4n) is 3.44. The molecular weight excluding hydrogens is 415 g/mol. The van der Waals surface area contributed by atoms with Crippen molar-refractivity contribution in [2.45, 2.75) is 19.1 Å². The van der Waals surface area contributed by atoms with Gasteiger partial charge in [0.1, 0.15) is 6.04 Å². The van der Waals surface area contributed by atoms with Crippen LogP contribution in [0.3, 0.4) is 0 Å². The molecular formula is C21H22F3N3O4. The van der Waals surface area contributed by atoms with Crippen molar-refractivity contribution in [1.82, 2.24) is 0 Å². The molecule has 2 aromatic rings. The quantitative estimate of drug-likeness (QED) is 0.743. The summed E-state index contributed by atoms with van der Waals surface area (Å²) in [5.74, 6) is 0.707. The van der Waals surface area contributed by atoms with Crippen LogP contribution < -0.4 is 25.0 Å². The first kappa shape index (κ1) is 21.1. The molecule has 10 heteroatoms. The molecule has 0 unspecified atom stereocenters. The minimum Gasteiger partial charge on any atom is -0.454 e. The van der Waals surface area contributed by atoms with Crippen LogP contribution in [0.25, 0.3) is 0 Å². The largest absolute Gasteiger partial charge is 0.454 e. The maximum Gasteiger partial charge on any atom is 0.416 e. The second-order valence-corrected chi connectivity index (χ2v) is 7.25. The molecule has 2 aliphatic rings. The lowest BCUT2D eigenvalue weighted by Gasteiger charge is -2.31. The Morgan fingerprint density at radius 2 is 1.81 bits per heavy atom. The lowest BCUT2D eigenvalue weighted by molar-refractivity contribution is -0.137.